The Labute approximate surface area is 382 Å². The van der Waals surface area contributed by atoms with Crippen molar-refractivity contribution < 1.29 is 53.4 Å². The van der Waals surface area contributed by atoms with Crippen molar-refractivity contribution in [1.29, 1.82) is 0 Å². The lowest BCUT2D eigenvalue weighted by Gasteiger charge is -2.55. The minimum Gasteiger partial charge on any atom is -0.481 e. The summed E-state index contributed by atoms with van der Waals surface area (Å²) >= 11 is 0. The molecule has 64 heavy (non-hydrogen) atoms. The molecule has 2 amide bonds. The van der Waals surface area contributed by atoms with Crippen molar-refractivity contribution >= 4 is 17.8 Å². The molecule has 0 unspecified atom stereocenters. The number of rotatable bonds is 16. The number of urea groups is 1. The van der Waals surface area contributed by atoms with Crippen molar-refractivity contribution in [1.82, 2.24) is 10.6 Å². The second kappa shape index (κ2) is 20.5. The Morgan fingerprint density at radius 3 is 2.22 bits per heavy atom. The van der Waals surface area contributed by atoms with Gasteiger partial charge >= 0.3 is 12.0 Å². The number of aliphatic carboxylic acids is 1. The van der Waals surface area contributed by atoms with E-state index in [0.29, 0.717) is 70.8 Å². The molecule has 0 bridgehead atoms. The van der Waals surface area contributed by atoms with Crippen LogP contribution >= 0.6 is 0 Å². The van der Waals surface area contributed by atoms with E-state index in [4.69, 9.17) is 23.7 Å². The van der Waals surface area contributed by atoms with Crippen LogP contribution in [0, 0.1) is 41.4 Å². The van der Waals surface area contributed by atoms with E-state index in [1.54, 1.807) is 6.92 Å². The molecule has 5 N–H and O–H groups in total. The van der Waals surface area contributed by atoms with Gasteiger partial charge in [0.2, 0.25) is 0 Å². The van der Waals surface area contributed by atoms with Crippen molar-refractivity contribution in [3.63, 3.8) is 0 Å². The first kappa shape index (κ1) is 50.5. The fourth-order valence-electron chi connectivity index (χ4n) is 11.8. The van der Waals surface area contributed by atoms with Crippen molar-refractivity contribution in [2.24, 2.45) is 41.4 Å². The Bertz CT molecular complexity index is 1780. The van der Waals surface area contributed by atoms with E-state index in [-0.39, 0.29) is 35.7 Å². The summed E-state index contributed by atoms with van der Waals surface area (Å²) in [5, 5.41) is 39.2. The highest BCUT2D eigenvalue weighted by atomic mass is 16.8. The fourth-order valence-corrected chi connectivity index (χ4v) is 11.8. The summed E-state index contributed by atoms with van der Waals surface area (Å²) in [7, 11) is 0. The third kappa shape index (κ3) is 10.3. The molecular formula is C51H80N2O11. The molecule has 6 rings (SSSR count). The third-order valence-corrected chi connectivity index (χ3v) is 16.3. The molecule has 360 valence electrons. The number of benzene rings is 1. The van der Waals surface area contributed by atoms with Gasteiger partial charge in [0, 0.05) is 36.6 Å². The summed E-state index contributed by atoms with van der Waals surface area (Å²) in [6.45, 7) is 20.1. The van der Waals surface area contributed by atoms with Gasteiger partial charge in [-0.05, 0) is 102 Å². The second-order valence-corrected chi connectivity index (χ2v) is 20.6. The number of ketones is 1. The monoisotopic (exact) mass is 897 g/mol. The summed E-state index contributed by atoms with van der Waals surface area (Å²) in [6, 6.07) is 8.94. The van der Waals surface area contributed by atoms with Gasteiger partial charge in [0.25, 0.3) is 0 Å². The number of carbonyl (C=O) groups excluding carboxylic acids is 2. The van der Waals surface area contributed by atoms with Crippen LogP contribution in [0.5, 0.6) is 0 Å². The van der Waals surface area contributed by atoms with E-state index < -0.39 is 89.0 Å². The number of carboxylic acids is 1. The minimum absolute atomic E-state index is 0.0239. The normalized spacial score (nSPS) is 40.0. The molecule has 13 nitrogen and oxygen atoms in total. The highest BCUT2D eigenvalue weighted by Gasteiger charge is 2.63. The summed E-state index contributed by atoms with van der Waals surface area (Å²) in [4.78, 5) is 40.4. The predicted molar refractivity (Wildman–Crippen MR) is 243 cm³/mol. The average molecular weight is 897 g/mol. The Balaban J connectivity index is 1.22. The molecule has 2 spiro atoms. The maximum atomic E-state index is 14.7. The number of carbonyl (C=O) groups is 3. The molecule has 1 aromatic carbocycles. The van der Waals surface area contributed by atoms with E-state index in [1.807, 2.05) is 84.0 Å². The molecule has 0 aromatic heterocycles. The average Bonchev–Trinajstić information content (AvgIpc) is 3.61. The SMILES string of the molecule is CC[C@@H](C(=O)[C@@H](C)[C@@H](O)[C@H](C)[C@@H]1O[C@@H]([C@@H](CC)C(=O)O)CC[C@@H]1C)[C@H]1O[C@]2(C=C[C@@H](NC(=O)NCCc3ccccc3)[C@]3(CC[C@@](C)([C@H]4CC[C@](O)(CC)[C@H](C)O4)O3)O2)[C@H](C)C[C@@H]1C. The first-order valence-corrected chi connectivity index (χ1v) is 24.6. The number of nitrogens with one attached hydrogen (secondary N) is 2. The summed E-state index contributed by atoms with van der Waals surface area (Å²) < 4.78 is 34.7. The van der Waals surface area contributed by atoms with Gasteiger partial charge in [-0.15, -0.1) is 0 Å². The largest absolute Gasteiger partial charge is 0.481 e. The highest BCUT2D eigenvalue weighted by molar-refractivity contribution is 5.84. The number of amides is 2. The van der Waals surface area contributed by atoms with Gasteiger partial charge in [0.15, 0.2) is 11.6 Å². The first-order chi connectivity index (χ1) is 30.3. The van der Waals surface area contributed by atoms with Gasteiger partial charge in [0.05, 0.1) is 53.7 Å². The van der Waals surface area contributed by atoms with Crippen LogP contribution in [0.1, 0.15) is 139 Å². The van der Waals surface area contributed by atoms with Gasteiger partial charge in [-0.25, -0.2) is 4.79 Å². The van der Waals surface area contributed by atoms with Crippen LogP contribution < -0.4 is 10.6 Å². The molecule has 0 aliphatic carbocycles. The maximum Gasteiger partial charge on any atom is 0.315 e. The van der Waals surface area contributed by atoms with E-state index in [1.165, 1.54) is 0 Å². The van der Waals surface area contributed by atoms with E-state index in [9.17, 15) is 29.7 Å². The van der Waals surface area contributed by atoms with Gasteiger partial charge in [-0.1, -0.05) is 91.8 Å². The molecule has 0 radical (unpaired) electrons. The number of hydrogen-bond donors (Lipinski definition) is 5. The lowest BCUT2D eigenvalue weighted by molar-refractivity contribution is -0.397. The number of carboxylic acid groups (broad SMARTS) is 1. The lowest BCUT2D eigenvalue weighted by atomic mass is 9.72. The zero-order valence-corrected chi connectivity index (χ0v) is 40.2. The second-order valence-electron chi connectivity index (χ2n) is 20.6. The number of aliphatic hydroxyl groups is 2. The van der Waals surface area contributed by atoms with Crippen LogP contribution in [0.2, 0.25) is 0 Å². The van der Waals surface area contributed by atoms with Crippen LogP contribution in [0.3, 0.4) is 0 Å². The molecular weight excluding hydrogens is 817 g/mol. The molecule has 5 heterocycles. The Kier molecular flexibility index (Phi) is 16.2. The summed E-state index contributed by atoms with van der Waals surface area (Å²) in [5.74, 6) is -6.04. The molecule has 0 saturated carbocycles. The fraction of sp³-hybridized carbons (Fsp3) is 0.784. The highest BCUT2D eigenvalue weighted by Crippen LogP contribution is 2.54. The molecule has 1 aromatic rings. The Morgan fingerprint density at radius 2 is 1.58 bits per heavy atom. The van der Waals surface area contributed by atoms with E-state index >= 15 is 0 Å². The number of hydrogen-bond acceptors (Lipinski definition) is 10. The van der Waals surface area contributed by atoms with Gasteiger partial charge in [-0.2, -0.15) is 0 Å². The van der Waals surface area contributed by atoms with Gasteiger partial charge < -0.3 is 49.6 Å². The molecule has 4 saturated heterocycles. The standard InChI is InChI=1S/C51H80N2O11/c1-11-37(46(56)57)39-20-19-30(4)44(61-39)34(8)42(54)33(7)43(55)38(12-2)45-31(5)29-32(6)50(62-45)25-21-40(53-47(58)52-28-23-36-17-15-14-16-18-36)51(64-50)27-26-48(10,63-51)41-22-24-49(59,13-3)35(9)60-41/h14-18,21,25,30-35,37-42,44-45,54,59H,11-13,19-20,22-24,26-29H2,1-10H3,(H,56,57)(H2,52,53,58)/t30-,31-,32+,33-,34-,35-,37+,38-,39+,40+,41+,42+,44+,45-,48-,49+,50-,51-/m0/s1. The third-order valence-electron chi connectivity index (χ3n) is 16.3. The molecule has 5 aliphatic rings. The molecule has 13 heteroatoms. The predicted octanol–water partition coefficient (Wildman–Crippen LogP) is 7.74. The number of aliphatic hydroxyl groups excluding tert-OH is 1. The number of Topliss-reactive ketones (excluding diaryl/α,β-unsaturated/α-hetero) is 1. The summed E-state index contributed by atoms with van der Waals surface area (Å²) in [6.07, 6.45) is 7.18. The van der Waals surface area contributed by atoms with E-state index in [0.717, 1.165) is 12.0 Å². The quantitative estimate of drug-likeness (QED) is 0.102. The van der Waals surface area contributed by atoms with Crippen molar-refractivity contribution in [3.8, 4) is 0 Å². The minimum atomic E-state index is -1.35. The van der Waals surface area contributed by atoms with Crippen LogP contribution in [0.4, 0.5) is 4.79 Å². The molecule has 4 fully saturated rings. The Hall–Kier alpha value is -2.91. The van der Waals surface area contributed by atoms with Gasteiger partial charge in [0.1, 0.15) is 11.8 Å². The van der Waals surface area contributed by atoms with Crippen LogP contribution in [0.25, 0.3) is 0 Å². The zero-order valence-electron chi connectivity index (χ0n) is 40.2. The van der Waals surface area contributed by atoms with Crippen molar-refractivity contribution in [3.05, 3.63) is 48.0 Å². The van der Waals surface area contributed by atoms with Crippen LogP contribution in [-0.4, -0.2) is 105 Å². The topological polar surface area (TPSA) is 182 Å². The maximum absolute atomic E-state index is 14.7. The van der Waals surface area contributed by atoms with E-state index in [2.05, 4.69) is 31.4 Å². The lowest BCUT2D eigenvalue weighted by Crippen LogP contribution is -2.66. The summed E-state index contributed by atoms with van der Waals surface area (Å²) in [5.41, 5.74) is -0.605. The molecule has 5 aliphatic heterocycles. The van der Waals surface area contributed by atoms with Crippen LogP contribution in [-0.2, 0) is 39.7 Å². The Morgan fingerprint density at radius 1 is 0.875 bits per heavy atom. The number of ether oxygens (including phenoxy) is 5. The van der Waals surface area contributed by atoms with Crippen molar-refractivity contribution in [2.45, 2.75) is 205 Å². The van der Waals surface area contributed by atoms with Crippen molar-refractivity contribution in [2.75, 3.05) is 6.54 Å². The zero-order chi connectivity index (χ0) is 46.8. The van der Waals surface area contributed by atoms with Gasteiger partial charge in [-0.3, -0.25) is 9.59 Å². The first-order valence-electron chi connectivity index (χ1n) is 24.6. The molecule has 18 atom stereocenters. The smallest absolute Gasteiger partial charge is 0.315 e. The van der Waals surface area contributed by atoms with Crippen LogP contribution in [0.15, 0.2) is 42.5 Å².